The molecule has 1 aliphatic heterocycles. The molecule has 1 amide bonds. The van der Waals surface area contributed by atoms with Crippen LogP contribution in [0.3, 0.4) is 0 Å². The van der Waals surface area contributed by atoms with E-state index in [1.807, 2.05) is 11.0 Å². The topological polar surface area (TPSA) is 93.8 Å². The molecule has 1 aromatic heterocycles. The van der Waals surface area contributed by atoms with Gasteiger partial charge in [-0.1, -0.05) is 19.3 Å². The number of anilines is 2. The van der Waals surface area contributed by atoms with Crippen molar-refractivity contribution in [3.05, 3.63) is 12.1 Å². The van der Waals surface area contributed by atoms with Crippen LogP contribution in [0.4, 0.5) is 11.8 Å². The second-order valence-corrected chi connectivity index (χ2v) is 8.21. The molecule has 1 saturated heterocycles. The predicted molar refractivity (Wildman–Crippen MR) is 117 cm³/mol. The first-order valence-electron chi connectivity index (χ1n) is 10.8. The van der Waals surface area contributed by atoms with Gasteiger partial charge in [-0.25, -0.2) is 4.98 Å². The molecule has 2 N–H and O–H groups in total. The zero-order chi connectivity index (χ0) is 21.1. The Morgan fingerprint density at radius 3 is 2.37 bits per heavy atom. The molecule has 2 heterocycles. The van der Waals surface area contributed by atoms with Gasteiger partial charge in [0.15, 0.2) is 11.5 Å². The van der Waals surface area contributed by atoms with E-state index in [9.17, 15) is 4.79 Å². The fourth-order valence-electron chi connectivity index (χ4n) is 4.53. The lowest BCUT2D eigenvalue weighted by atomic mass is 9.86. The lowest BCUT2D eigenvalue weighted by molar-refractivity contribution is -0.132. The first kappa shape index (κ1) is 20.5. The van der Waals surface area contributed by atoms with Crippen molar-refractivity contribution in [1.29, 1.82) is 0 Å². The number of aromatic nitrogens is 2. The van der Waals surface area contributed by atoms with Crippen LogP contribution in [0.5, 0.6) is 11.5 Å². The van der Waals surface area contributed by atoms with Gasteiger partial charge in [-0.2, -0.15) is 4.98 Å². The van der Waals surface area contributed by atoms with Gasteiger partial charge < -0.3 is 25.0 Å². The fraction of sp³-hybridized carbons (Fsp3) is 0.591. The Labute approximate surface area is 177 Å². The van der Waals surface area contributed by atoms with E-state index in [1.165, 1.54) is 32.1 Å². The van der Waals surface area contributed by atoms with Crippen LogP contribution in [0.25, 0.3) is 10.9 Å². The summed E-state index contributed by atoms with van der Waals surface area (Å²) >= 11 is 0. The number of carbonyl (C=O) groups excluding carboxylic acids is 1. The predicted octanol–water partition coefficient (Wildman–Crippen LogP) is 2.85. The summed E-state index contributed by atoms with van der Waals surface area (Å²) in [6.45, 7) is 2.79. The highest BCUT2D eigenvalue weighted by Gasteiger charge is 2.26. The summed E-state index contributed by atoms with van der Waals surface area (Å²) in [5.74, 6) is 3.06. The van der Waals surface area contributed by atoms with Gasteiger partial charge in [-0.15, -0.1) is 0 Å². The smallest absolute Gasteiger partial charge is 0.228 e. The number of rotatable bonds is 5. The van der Waals surface area contributed by atoms with Crippen molar-refractivity contribution in [2.45, 2.75) is 38.5 Å². The van der Waals surface area contributed by atoms with Crippen LogP contribution in [0.2, 0.25) is 0 Å². The molecule has 30 heavy (non-hydrogen) atoms. The highest BCUT2D eigenvalue weighted by atomic mass is 16.5. The maximum Gasteiger partial charge on any atom is 0.228 e. The molecular weight excluding hydrogens is 382 g/mol. The number of carbonyl (C=O) groups is 1. The molecule has 0 spiro atoms. The molecule has 0 radical (unpaired) electrons. The van der Waals surface area contributed by atoms with Crippen molar-refractivity contribution in [1.82, 2.24) is 14.9 Å². The molecule has 2 aromatic rings. The SMILES string of the molecule is COc1cc2nc(N3CCN(C(=O)CC4CCCCC4)CC3)nc(N)c2cc1OC. The van der Waals surface area contributed by atoms with Crippen molar-refractivity contribution in [3.63, 3.8) is 0 Å². The van der Waals surface area contributed by atoms with Gasteiger partial charge in [0.05, 0.1) is 19.7 Å². The van der Waals surface area contributed by atoms with Gasteiger partial charge in [0.25, 0.3) is 0 Å². The number of methoxy groups -OCH3 is 2. The number of piperazine rings is 1. The monoisotopic (exact) mass is 413 g/mol. The van der Waals surface area contributed by atoms with Crippen LogP contribution >= 0.6 is 0 Å². The van der Waals surface area contributed by atoms with Crippen LogP contribution in [0.15, 0.2) is 12.1 Å². The van der Waals surface area contributed by atoms with Crippen LogP contribution in [0, 0.1) is 5.92 Å². The number of nitrogens with zero attached hydrogens (tertiary/aromatic N) is 4. The van der Waals surface area contributed by atoms with E-state index < -0.39 is 0 Å². The number of amides is 1. The molecule has 0 atom stereocenters. The molecule has 8 nitrogen and oxygen atoms in total. The Hall–Kier alpha value is -2.77. The molecule has 4 rings (SSSR count). The third kappa shape index (κ3) is 4.22. The minimum Gasteiger partial charge on any atom is -0.493 e. The summed E-state index contributed by atoms with van der Waals surface area (Å²) in [4.78, 5) is 26.0. The summed E-state index contributed by atoms with van der Waals surface area (Å²) in [5, 5.41) is 0.734. The lowest BCUT2D eigenvalue weighted by Gasteiger charge is -2.35. The molecule has 1 aliphatic carbocycles. The van der Waals surface area contributed by atoms with Crippen LogP contribution in [-0.4, -0.2) is 61.2 Å². The van der Waals surface area contributed by atoms with E-state index in [0.717, 1.165) is 5.39 Å². The van der Waals surface area contributed by atoms with Gasteiger partial charge in [0.2, 0.25) is 11.9 Å². The average molecular weight is 414 g/mol. The minimum atomic E-state index is 0.289. The first-order valence-corrected chi connectivity index (χ1v) is 10.8. The number of hydrogen-bond donors (Lipinski definition) is 1. The third-order valence-corrected chi connectivity index (χ3v) is 6.32. The van der Waals surface area contributed by atoms with Gasteiger partial charge in [-0.05, 0) is 24.8 Å². The zero-order valence-electron chi connectivity index (χ0n) is 17.9. The van der Waals surface area contributed by atoms with Crippen molar-refractivity contribution < 1.29 is 14.3 Å². The molecule has 0 bridgehead atoms. The summed E-state index contributed by atoms with van der Waals surface area (Å²) in [6, 6.07) is 3.62. The first-order chi connectivity index (χ1) is 14.6. The van der Waals surface area contributed by atoms with E-state index in [2.05, 4.69) is 9.88 Å². The summed E-state index contributed by atoms with van der Waals surface area (Å²) in [5.41, 5.74) is 6.93. The lowest BCUT2D eigenvalue weighted by Crippen LogP contribution is -2.49. The average Bonchev–Trinajstić information content (AvgIpc) is 2.79. The Balaban J connectivity index is 1.44. The molecule has 1 saturated carbocycles. The Kier molecular flexibility index (Phi) is 6.11. The Bertz CT molecular complexity index is 905. The number of nitrogen functional groups attached to an aromatic ring is 1. The third-order valence-electron chi connectivity index (χ3n) is 6.32. The van der Waals surface area contributed by atoms with E-state index in [-0.39, 0.29) is 5.91 Å². The van der Waals surface area contributed by atoms with Crippen LogP contribution < -0.4 is 20.1 Å². The van der Waals surface area contributed by atoms with Crippen molar-refractivity contribution >= 4 is 28.6 Å². The van der Waals surface area contributed by atoms with Gasteiger partial charge in [-0.3, -0.25) is 4.79 Å². The summed E-state index contributed by atoms with van der Waals surface area (Å²) in [6.07, 6.45) is 6.94. The second-order valence-electron chi connectivity index (χ2n) is 8.21. The van der Waals surface area contributed by atoms with E-state index in [4.69, 9.17) is 20.2 Å². The number of nitrogens with two attached hydrogens (primary N) is 1. The highest BCUT2D eigenvalue weighted by molar-refractivity contribution is 5.91. The standard InChI is InChI=1S/C22H31N5O3/c1-29-18-13-16-17(14-19(18)30-2)24-22(25-21(16)23)27-10-8-26(9-11-27)20(28)12-15-6-4-3-5-7-15/h13-15H,3-12H2,1-2H3,(H2,23,24,25). The Morgan fingerprint density at radius 2 is 1.70 bits per heavy atom. The number of benzene rings is 1. The quantitative estimate of drug-likeness (QED) is 0.805. The van der Waals surface area contributed by atoms with Crippen LogP contribution in [0.1, 0.15) is 38.5 Å². The van der Waals surface area contributed by atoms with Crippen molar-refractivity contribution in [2.24, 2.45) is 5.92 Å². The van der Waals surface area contributed by atoms with E-state index >= 15 is 0 Å². The zero-order valence-corrected chi connectivity index (χ0v) is 17.9. The van der Waals surface area contributed by atoms with Crippen molar-refractivity contribution in [2.75, 3.05) is 51.0 Å². The Morgan fingerprint density at radius 1 is 1.03 bits per heavy atom. The largest absolute Gasteiger partial charge is 0.493 e. The molecule has 2 fully saturated rings. The van der Waals surface area contributed by atoms with Crippen LogP contribution in [-0.2, 0) is 4.79 Å². The second kappa shape index (κ2) is 8.93. The van der Waals surface area contributed by atoms with E-state index in [0.29, 0.717) is 67.3 Å². The number of hydrogen-bond acceptors (Lipinski definition) is 7. The summed E-state index contributed by atoms with van der Waals surface area (Å²) < 4.78 is 10.7. The van der Waals surface area contributed by atoms with Crippen molar-refractivity contribution in [3.8, 4) is 11.5 Å². The van der Waals surface area contributed by atoms with Gasteiger partial charge in [0.1, 0.15) is 5.82 Å². The van der Waals surface area contributed by atoms with Gasteiger partial charge >= 0.3 is 0 Å². The molecule has 1 aromatic carbocycles. The highest BCUT2D eigenvalue weighted by Crippen LogP contribution is 2.34. The summed E-state index contributed by atoms with van der Waals surface area (Å²) in [7, 11) is 3.18. The molecule has 2 aliphatic rings. The number of ether oxygens (including phenoxy) is 2. The molecule has 0 unspecified atom stereocenters. The fourth-order valence-corrected chi connectivity index (χ4v) is 4.53. The maximum atomic E-state index is 12.7. The molecule has 162 valence electrons. The normalized spacial score (nSPS) is 17.9. The molecule has 8 heteroatoms. The maximum absolute atomic E-state index is 12.7. The number of fused-ring (bicyclic) bond motifs is 1. The van der Waals surface area contributed by atoms with E-state index in [1.54, 1.807) is 20.3 Å². The van der Waals surface area contributed by atoms with Gasteiger partial charge in [0, 0.05) is 44.1 Å². The minimum absolute atomic E-state index is 0.289. The molecular formula is C22H31N5O3.